The van der Waals surface area contributed by atoms with Crippen molar-refractivity contribution < 1.29 is 4.42 Å². The molecule has 0 saturated carbocycles. The van der Waals surface area contributed by atoms with Gasteiger partial charge in [0.25, 0.3) is 0 Å². The number of thiophene rings is 1. The molecule has 0 spiro atoms. The van der Waals surface area contributed by atoms with E-state index in [9.17, 15) is 0 Å². The number of hydrogen-bond acceptors (Lipinski definition) is 2. The van der Waals surface area contributed by atoms with Gasteiger partial charge in [-0.25, -0.2) is 0 Å². The Morgan fingerprint density at radius 3 is 1.96 bits per heavy atom. The van der Waals surface area contributed by atoms with E-state index in [2.05, 4.69) is 179 Å². The van der Waals surface area contributed by atoms with E-state index in [-0.39, 0.29) is 0 Å². The van der Waals surface area contributed by atoms with Crippen LogP contribution in [0.25, 0.3) is 108 Å². The van der Waals surface area contributed by atoms with Gasteiger partial charge in [0.2, 0.25) is 0 Å². The van der Waals surface area contributed by atoms with Crippen LogP contribution in [0, 0.1) is 0 Å². The fourth-order valence-corrected chi connectivity index (χ4v) is 9.96. The second-order valence-electron chi connectivity index (χ2n) is 13.6. The highest BCUT2D eigenvalue weighted by molar-refractivity contribution is 7.26. The molecule has 0 fully saturated rings. The molecular formula is C48H28N2OS. The predicted molar refractivity (Wildman–Crippen MR) is 221 cm³/mol. The molecule has 4 aromatic heterocycles. The van der Waals surface area contributed by atoms with Gasteiger partial charge in [0.1, 0.15) is 11.2 Å². The minimum absolute atomic E-state index is 0.890. The van der Waals surface area contributed by atoms with Crippen LogP contribution in [0.4, 0.5) is 0 Å². The fraction of sp³-hybridized carbons (Fsp3) is 0. The zero-order valence-electron chi connectivity index (χ0n) is 27.9. The van der Waals surface area contributed by atoms with Crippen molar-refractivity contribution in [2.45, 2.75) is 0 Å². The van der Waals surface area contributed by atoms with Gasteiger partial charge in [-0.15, -0.1) is 11.3 Å². The summed E-state index contributed by atoms with van der Waals surface area (Å²) >= 11 is 1.86. The van der Waals surface area contributed by atoms with Crippen molar-refractivity contribution in [1.82, 2.24) is 9.13 Å². The molecule has 0 bridgehead atoms. The molecule has 0 N–H and O–H groups in total. The first kappa shape index (κ1) is 28.1. The maximum Gasteiger partial charge on any atom is 0.143 e. The lowest BCUT2D eigenvalue weighted by molar-refractivity contribution is 0.670. The molecule has 0 amide bonds. The quantitative estimate of drug-likeness (QED) is 0.182. The number of para-hydroxylation sites is 4. The lowest BCUT2D eigenvalue weighted by Crippen LogP contribution is -1.95. The Morgan fingerprint density at radius 2 is 1.10 bits per heavy atom. The van der Waals surface area contributed by atoms with Crippen LogP contribution in [-0.2, 0) is 0 Å². The molecule has 0 aliphatic carbocycles. The molecule has 12 aromatic rings. The third-order valence-corrected chi connectivity index (χ3v) is 12.1. The summed E-state index contributed by atoms with van der Waals surface area (Å²) in [5.41, 5.74) is 11.2. The van der Waals surface area contributed by atoms with Gasteiger partial charge in [-0.05, 0) is 54.6 Å². The topological polar surface area (TPSA) is 23.0 Å². The summed E-state index contributed by atoms with van der Waals surface area (Å²) in [5, 5.41) is 9.82. The van der Waals surface area contributed by atoms with E-state index in [0.29, 0.717) is 0 Å². The van der Waals surface area contributed by atoms with Gasteiger partial charge < -0.3 is 13.6 Å². The lowest BCUT2D eigenvalue weighted by Gasteiger charge is -2.10. The molecule has 3 nitrogen and oxygen atoms in total. The molecular weight excluding hydrogens is 653 g/mol. The van der Waals surface area contributed by atoms with Gasteiger partial charge in [0.05, 0.1) is 22.1 Å². The molecule has 0 saturated heterocycles. The number of hydrogen-bond donors (Lipinski definition) is 0. The Morgan fingerprint density at radius 1 is 0.404 bits per heavy atom. The van der Waals surface area contributed by atoms with E-state index < -0.39 is 0 Å². The van der Waals surface area contributed by atoms with Gasteiger partial charge in [-0.3, -0.25) is 0 Å². The molecule has 52 heavy (non-hydrogen) atoms. The standard InChI is InChI=1S/C48H28N2OS/c1-2-12-29(13-3-1)49-41-22-8-5-16-38(41)45-42(49)26-25-33-31-14-4-7-21-40(31)50(46(33)45)30-24-27-43-39(28-30)35-18-10-17-34(47(35)51-43)37-20-11-19-36-32-15-6-9-23-44(32)52-48(36)37/h1-28H. The highest BCUT2D eigenvalue weighted by Gasteiger charge is 2.22. The number of fused-ring (bicyclic) bond motifs is 13. The van der Waals surface area contributed by atoms with E-state index in [1.54, 1.807) is 0 Å². The predicted octanol–water partition coefficient (Wildman–Crippen LogP) is 13.8. The third kappa shape index (κ3) is 3.74. The van der Waals surface area contributed by atoms with Crippen molar-refractivity contribution in [2.75, 3.05) is 0 Å². The van der Waals surface area contributed by atoms with Crippen LogP contribution >= 0.6 is 11.3 Å². The first-order chi connectivity index (χ1) is 25.8. The van der Waals surface area contributed by atoms with Crippen molar-refractivity contribution in [3.63, 3.8) is 0 Å². The highest BCUT2D eigenvalue weighted by atomic mass is 32.1. The van der Waals surface area contributed by atoms with Crippen LogP contribution in [0.5, 0.6) is 0 Å². The lowest BCUT2D eigenvalue weighted by atomic mass is 10.00. The summed E-state index contributed by atoms with van der Waals surface area (Å²) in [4.78, 5) is 0. The number of aromatic nitrogens is 2. The minimum Gasteiger partial charge on any atom is -0.455 e. The summed E-state index contributed by atoms with van der Waals surface area (Å²) in [6, 6.07) is 61.5. The van der Waals surface area contributed by atoms with Crippen LogP contribution in [0.1, 0.15) is 0 Å². The Bertz CT molecular complexity index is 3410. The number of nitrogens with zero attached hydrogens (tertiary/aromatic N) is 2. The summed E-state index contributed by atoms with van der Waals surface area (Å²) in [7, 11) is 0. The van der Waals surface area contributed by atoms with E-state index in [1.807, 2.05) is 11.3 Å². The van der Waals surface area contributed by atoms with Crippen molar-refractivity contribution >= 4 is 97.1 Å². The number of rotatable bonds is 3. The molecule has 242 valence electrons. The zero-order chi connectivity index (χ0) is 33.9. The molecule has 0 aliphatic rings. The highest BCUT2D eigenvalue weighted by Crippen LogP contribution is 2.45. The first-order valence-corrected chi connectivity index (χ1v) is 18.5. The van der Waals surface area contributed by atoms with Crippen molar-refractivity contribution in [2.24, 2.45) is 0 Å². The molecule has 0 aliphatic heterocycles. The summed E-state index contributed by atoms with van der Waals surface area (Å²) in [5.74, 6) is 0. The molecule has 0 unspecified atom stereocenters. The number of benzene rings is 8. The SMILES string of the molecule is c1ccc(-n2c3ccccc3c3c2ccc2c4ccccc4n(-c4ccc5oc6c(-c7cccc8c7sc7ccccc78)cccc6c5c4)c23)cc1. The summed E-state index contributed by atoms with van der Waals surface area (Å²) in [6.07, 6.45) is 0. The second kappa shape index (κ2) is 10.5. The van der Waals surface area contributed by atoms with E-state index in [4.69, 9.17) is 4.42 Å². The van der Waals surface area contributed by atoms with Gasteiger partial charge in [0, 0.05) is 75.0 Å². The minimum atomic E-state index is 0.890. The molecule has 12 rings (SSSR count). The largest absolute Gasteiger partial charge is 0.455 e. The van der Waals surface area contributed by atoms with Gasteiger partial charge in [0.15, 0.2) is 0 Å². The Kier molecular flexibility index (Phi) is 5.65. The van der Waals surface area contributed by atoms with E-state index in [0.717, 1.165) is 38.9 Å². The molecule has 0 radical (unpaired) electrons. The Labute approximate surface area is 301 Å². The van der Waals surface area contributed by atoms with Gasteiger partial charge in [-0.2, -0.15) is 0 Å². The van der Waals surface area contributed by atoms with Gasteiger partial charge in [-0.1, -0.05) is 115 Å². The number of furan rings is 1. The van der Waals surface area contributed by atoms with Gasteiger partial charge >= 0.3 is 0 Å². The summed E-state index contributed by atoms with van der Waals surface area (Å²) < 4.78 is 14.2. The van der Waals surface area contributed by atoms with Crippen LogP contribution < -0.4 is 0 Å². The van der Waals surface area contributed by atoms with Crippen molar-refractivity contribution in [3.8, 4) is 22.5 Å². The third-order valence-electron chi connectivity index (χ3n) is 10.9. The zero-order valence-corrected chi connectivity index (χ0v) is 28.7. The van der Waals surface area contributed by atoms with E-state index >= 15 is 0 Å². The van der Waals surface area contributed by atoms with Crippen LogP contribution in [0.3, 0.4) is 0 Å². The van der Waals surface area contributed by atoms with E-state index in [1.165, 1.54) is 69.3 Å². The van der Waals surface area contributed by atoms with Crippen LogP contribution in [-0.4, -0.2) is 9.13 Å². The molecule has 4 heterocycles. The second-order valence-corrected chi connectivity index (χ2v) is 14.7. The van der Waals surface area contributed by atoms with Crippen LogP contribution in [0.15, 0.2) is 174 Å². The maximum atomic E-state index is 6.78. The smallest absolute Gasteiger partial charge is 0.143 e. The Balaban J connectivity index is 1.15. The molecule has 8 aromatic carbocycles. The van der Waals surface area contributed by atoms with Crippen molar-refractivity contribution in [3.05, 3.63) is 170 Å². The molecule has 4 heteroatoms. The summed E-state index contributed by atoms with van der Waals surface area (Å²) in [6.45, 7) is 0. The average molecular weight is 681 g/mol. The average Bonchev–Trinajstić information content (AvgIpc) is 3.95. The fourth-order valence-electron chi connectivity index (χ4n) is 8.73. The Hall–Kier alpha value is -6.62. The maximum absolute atomic E-state index is 6.78. The normalized spacial score (nSPS) is 12.2. The van der Waals surface area contributed by atoms with Crippen molar-refractivity contribution in [1.29, 1.82) is 0 Å². The van der Waals surface area contributed by atoms with Crippen LogP contribution in [0.2, 0.25) is 0 Å². The molecule has 0 atom stereocenters. The first-order valence-electron chi connectivity index (χ1n) is 17.7. The monoisotopic (exact) mass is 680 g/mol.